The Kier molecular flexibility index (Phi) is 5.20. The van der Waals surface area contributed by atoms with Gasteiger partial charge in [0.2, 0.25) is 0 Å². The van der Waals surface area contributed by atoms with Crippen LogP contribution < -0.4 is 4.74 Å². The molecular weight excluding hydrogens is 270 g/mol. The first-order valence-corrected chi connectivity index (χ1v) is 7.36. The lowest BCUT2D eigenvalue weighted by Gasteiger charge is -2.32. The Balaban J connectivity index is 1.95. The minimum Gasteiger partial charge on any atom is -0.484 e. The third kappa shape index (κ3) is 3.97. The van der Waals surface area contributed by atoms with Gasteiger partial charge in [0.25, 0.3) is 5.91 Å². The molecule has 1 N–H and O–H groups in total. The van der Waals surface area contributed by atoms with E-state index in [1.165, 1.54) is 4.90 Å². The number of hydrogen-bond acceptors (Lipinski definition) is 3. The van der Waals surface area contributed by atoms with Gasteiger partial charge in [-0.05, 0) is 43.4 Å². The molecule has 1 fully saturated rings. The van der Waals surface area contributed by atoms with Gasteiger partial charge in [-0.3, -0.25) is 4.79 Å². The van der Waals surface area contributed by atoms with Gasteiger partial charge in [0.05, 0.1) is 0 Å². The summed E-state index contributed by atoms with van der Waals surface area (Å²) in [4.78, 5) is 24.8. The maximum absolute atomic E-state index is 12.2. The highest BCUT2D eigenvalue weighted by atomic mass is 16.5. The van der Waals surface area contributed by atoms with Crippen LogP contribution in [0.5, 0.6) is 5.75 Å². The summed E-state index contributed by atoms with van der Waals surface area (Å²) in [5, 5.41) is 9.18. The summed E-state index contributed by atoms with van der Waals surface area (Å²) in [6.07, 6.45) is 3.12. The number of aryl methyl sites for hydroxylation is 1. The molecule has 1 aliphatic heterocycles. The van der Waals surface area contributed by atoms with E-state index in [4.69, 9.17) is 4.74 Å². The summed E-state index contributed by atoms with van der Waals surface area (Å²) in [7, 11) is 0. The van der Waals surface area contributed by atoms with Gasteiger partial charge in [0.15, 0.2) is 6.61 Å². The number of rotatable bonds is 5. The van der Waals surface area contributed by atoms with E-state index in [0.717, 1.165) is 24.8 Å². The molecule has 0 spiro atoms. The van der Waals surface area contributed by atoms with Crippen molar-refractivity contribution < 1.29 is 19.4 Å². The zero-order chi connectivity index (χ0) is 15.2. The van der Waals surface area contributed by atoms with Crippen molar-refractivity contribution in [2.45, 2.75) is 38.6 Å². The zero-order valence-corrected chi connectivity index (χ0v) is 12.2. The standard InChI is InChI=1S/C16H21NO4/c1-2-12-6-5-7-13(10-12)21-11-15(18)17-9-4-3-8-14(17)16(19)20/h5-7,10,14H,2-4,8-9,11H2,1H3,(H,19,20)/t14-/m1/s1. The molecule has 0 aliphatic carbocycles. The van der Waals surface area contributed by atoms with Crippen LogP contribution in [0.2, 0.25) is 0 Å². The Hall–Kier alpha value is -2.04. The van der Waals surface area contributed by atoms with Gasteiger partial charge in [-0.1, -0.05) is 19.1 Å². The average molecular weight is 291 g/mol. The molecule has 1 aromatic carbocycles. The third-order valence-electron chi connectivity index (χ3n) is 3.78. The third-order valence-corrected chi connectivity index (χ3v) is 3.78. The Morgan fingerprint density at radius 1 is 1.38 bits per heavy atom. The molecule has 1 atom stereocenters. The molecule has 21 heavy (non-hydrogen) atoms. The number of carbonyl (C=O) groups excluding carboxylic acids is 1. The van der Waals surface area contributed by atoms with Crippen molar-refractivity contribution in [3.63, 3.8) is 0 Å². The predicted molar refractivity (Wildman–Crippen MR) is 78.3 cm³/mol. The molecule has 2 rings (SSSR count). The number of carbonyl (C=O) groups is 2. The number of hydrogen-bond donors (Lipinski definition) is 1. The summed E-state index contributed by atoms with van der Waals surface area (Å²) < 4.78 is 5.51. The number of benzene rings is 1. The molecule has 5 nitrogen and oxygen atoms in total. The van der Waals surface area contributed by atoms with Crippen LogP contribution in [0.4, 0.5) is 0 Å². The van der Waals surface area contributed by atoms with Crippen LogP contribution >= 0.6 is 0 Å². The van der Waals surface area contributed by atoms with Crippen molar-refractivity contribution >= 4 is 11.9 Å². The zero-order valence-electron chi connectivity index (χ0n) is 12.2. The van der Waals surface area contributed by atoms with Gasteiger partial charge in [-0.2, -0.15) is 0 Å². The highest BCUT2D eigenvalue weighted by molar-refractivity contribution is 5.84. The van der Waals surface area contributed by atoms with Crippen molar-refractivity contribution in [1.82, 2.24) is 4.90 Å². The molecule has 0 bridgehead atoms. The minimum absolute atomic E-state index is 0.114. The molecule has 1 aromatic rings. The quantitative estimate of drug-likeness (QED) is 0.902. The van der Waals surface area contributed by atoms with E-state index in [1.54, 1.807) is 6.07 Å². The number of nitrogens with zero attached hydrogens (tertiary/aromatic N) is 1. The molecule has 1 aliphatic rings. The first-order valence-electron chi connectivity index (χ1n) is 7.36. The maximum atomic E-state index is 12.2. The highest BCUT2D eigenvalue weighted by Gasteiger charge is 2.31. The van der Waals surface area contributed by atoms with E-state index in [2.05, 4.69) is 6.92 Å². The normalized spacial score (nSPS) is 18.3. The predicted octanol–water partition coefficient (Wildman–Crippen LogP) is 2.09. The smallest absolute Gasteiger partial charge is 0.326 e. The molecule has 5 heteroatoms. The first-order chi connectivity index (χ1) is 10.1. The fraction of sp³-hybridized carbons (Fsp3) is 0.500. The Morgan fingerprint density at radius 3 is 2.90 bits per heavy atom. The SMILES string of the molecule is CCc1cccc(OCC(=O)N2CCCC[C@@H]2C(=O)O)c1. The number of carboxylic acids is 1. The monoisotopic (exact) mass is 291 g/mol. The molecule has 0 aromatic heterocycles. The van der Waals surface area contributed by atoms with Crippen LogP contribution in [-0.4, -0.2) is 41.1 Å². The molecule has 0 unspecified atom stereocenters. The van der Waals surface area contributed by atoms with Gasteiger partial charge < -0.3 is 14.7 Å². The summed E-state index contributed by atoms with van der Waals surface area (Å²) in [5.41, 5.74) is 1.14. The van der Waals surface area contributed by atoms with Crippen LogP contribution in [0.3, 0.4) is 0 Å². The molecule has 1 amide bonds. The molecule has 114 valence electrons. The Bertz CT molecular complexity index is 515. The van der Waals surface area contributed by atoms with Crippen LogP contribution in [-0.2, 0) is 16.0 Å². The Labute approximate surface area is 124 Å². The van der Waals surface area contributed by atoms with Crippen LogP contribution in [0.25, 0.3) is 0 Å². The first kappa shape index (κ1) is 15.4. The van der Waals surface area contributed by atoms with Crippen molar-refractivity contribution in [3.8, 4) is 5.75 Å². The lowest BCUT2D eigenvalue weighted by molar-refractivity contribution is -0.152. The van der Waals surface area contributed by atoms with E-state index < -0.39 is 12.0 Å². The van der Waals surface area contributed by atoms with Crippen molar-refractivity contribution in [3.05, 3.63) is 29.8 Å². The highest BCUT2D eigenvalue weighted by Crippen LogP contribution is 2.18. The summed E-state index contributed by atoms with van der Waals surface area (Å²) in [6.45, 7) is 2.43. The molecule has 1 heterocycles. The number of piperidine rings is 1. The number of ether oxygens (including phenoxy) is 1. The van der Waals surface area contributed by atoms with Crippen molar-refractivity contribution in [2.75, 3.05) is 13.2 Å². The van der Waals surface area contributed by atoms with E-state index in [1.807, 2.05) is 18.2 Å². The number of carboxylic acid groups (broad SMARTS) is 1. The average Bonchev–Trinajstić information content (AvgIpc) is 2.52. The van der Waals surface area contributed by atoms with Crippen LogP contribution in [0.1, 0.15) is 31.7 Å². The molecule has 0 radical (unpaired) electrons. The summed E-state index contributed by atoms with van der Waals surface area (Å²) in [6, 6.07) is 6.88. The second-order valence-corrected chi connectivity index (χ2v) is 5.23. The minimum atomic E-state index is -0.934. The number of aliphatic carboxylic acids is 1. The van der Waals surface area contributed by atoms with Crippen molar-refractivity contribution in [1.29, 1.82) is 0 Å². The second-order valence-electron chi connectivity index (χ2n) is 5.23. The maximum Gasteiger partial charge on any atom is 0.326 e. The lowest BCUT2D eigenvalue weighted by Crippen LogP contribution is -2.49. The lowest BCUT2D eigenvalue weighted by atomic mass is 10.0. The largest absolute Gasteiger partial charge is 0.484 e. The summed E-state index contributed by atoms with van der Waals surface area (Å²) in [5.74, 6) is -0.549. The van der Waals surface area contributed by atoms with E-state index in [-0.39, 0.29) is 12.5 Å². The molecular formula is C16H21NO4. The van der Waals surface area contributed by atoms with Gasteiger partial charge in [-0.25, -0.2) is 4.79 Å². The van der Waals surface area contributed by atoms with Gasteiger partial charge >= 0.3 is 5.97 Å². The Morgan fingerprint density at radius 2 is 2.19 bits per heavy atom. The van der Waals surface area contributed by atoms with E-state index in [0.29, 0.717) is 18.7 Å². The fourth-order valence-electron chi connectivity index (χ4n) is 2.57. The van der Waals surface area contributed by atoms with Gasteiger partial charge in [0, 0.05) is 6.54 Å². The number of amides is 1. The molecule has 0 saturated carbocycles. The summed E-state index contributed by atoms with van der Waals surface area (Å²) >= 11 is 0. The van der Waals surface area contributed by atoms with E-state index in [9.17, 15) is 14.7 Å². The van der Waals surface area contributed by atoms with Crippen molar-refractivity contribution in [2.24, 2.45) is 0 Å². The van der Waals surface area contributed by atoms with E-state index >= 15 is 0 Å². The topological polar surface area (TPSA) is 66.8 Å². The fourth-order valence-corrected chi connectivity index (χ4v) is 2.57. The van der Waals surface area contributed by atoms with Crippen LogP contribution in [0, 0.1) is 0 Å². The number of likely N-dealkylation sites (tertiary alicyclic amines) is 1. The second kappa shape index (κ2) is 7.11. The van der Waals surface area contributed by atoms with Crippen LogP contribution in [0.15, 0.2) is 24.3 Å². The molecule has 1 saturated heterocycles. The van der Waals surface area contributed by atoms with Gasteiger partial charge in [-0.15, -0.1) is 0 Å². The van der Waals surface area contributed by atoms with Gasteiger partial charge in [0.1, 0.15) is 11.8 Å².